The van der Waals surface area contributed by atoms with Crippen LogP contribution in [0.5, 0.6) is 0 Å². The van der Waals surface area contributed by atoms with Crippen molar-refractivity contribution in [3.63, 3.8) is 0 Å². The Hall–Kier alpha value is -4.78. The molecular weight excluding hydrogens is 717 g/mol. The maximum Gasteiger partial charge on any atom is 0.259 e. The fraction of sp³-hybridized carbons (Fsp3) is 0.220. The predicted octanol–water partition coefficient (Wildman–Crippen LogP) is 7.07. The smallest absolute Gasteiger partial charge is 0.259 e. The normalized spacial score (nSPS) is 21.9. The molecule has 2 amide bonds. The van der Waals surface area contributed by atoms with E-state index >= 15 is 0 Å². The van der Waals surface area contributed by atoms with Crippen molar-refractivity contribution in [1.82, 2.24) is 14.9 Å². The van der Waals surface area contributed by atoms with Crippen molar-refractivity contribution in [2.45, 2.75) is 43.9 Å². The second-order valence-corrected chi connectivity index (χ2v) is 13.8. The van der Waals surface area contributed by atoms with Gasteiger partial charge in [0.25, 0.3) is 11.8 Å². The first-order valence-corrected chi connectivity index (χ1v) is 17.9. The Morgan fingerprint density at radius 1 is 0.774 bits per heavy atom. The van der Waals surface area contributed by atoms with Gasteiger partial charge in [0.05, 0.1) is 52.0 Å². The molecule has 0 radical (unpaired) electrons. The number of nitrogens with one attached hydrogen (secondary N) is 2. The number of halogens is 2. The number of benzene rings is 4. The zero-order valence-corrected chi connectivity index (χ0v) is 30.0. The molecule has 1 fully saturated rings. The molecule has 0 unspecified atom stereocenters. The molecule has 3 N–H and O–H groups in total. The van der Waals surface area contributed by atoms with Crippen LogP contribution in [0.4, 0.5) is 0 Å². The van der Waals surface area contributed by atoms with Gasteiger partial charge in [0.2, 0.25) is 0 Å². The van der Waals surface area contributed by atoms with Gasteiger partial charge in [-0.3, -0.25) is 14.9 Å². The van der Waals surface area contributed by atoms with Crippen molar-refractivity contribution < 1.29 is 33.6 Å². The lowest BCUT2D eigenvalue weighted by molar-refractivity contribution is -0.271. The first-order chi connectivity index (χ1) is 25.8. The Balaban J connectivity index is 1.23. The standard InChI is InChI=1S/C41H35Cl2N3O7/c1-50-37-31(22-51-20-23-10-4-2-5-11-23)53-41(36(47)38(37)52-21-24-12-6-3-7-13-24)46-19-28(26-15-9-17-30(43)35(26)46)33-32(39(48)45-40(33)49)27-18-44-34-25(27)14-8-16-29(34)42/h2-19,31,36-38,41,44,47H,20-22H2,1H3,(H,45,48,49)/t31-,36-,37-,38-,41-/m1/s1. The number of nitrogens with zero attached hydrogens (tertiary/aromatic N) is 1. The number of fused-ring (bicyclic) bond motifs is 2. The number of hydrogen-bond donors (Lipinski definition) is 3. The summed E-state index contributed by atoms with van der Waals surface area (Å²) in [7, 11) is 1.55. The number of H-pyrrole nitrogens is 1. The number of carbonyl (C=O) groups is 2. The molecular formula is C41H35Cl2N3O7. The average Bonchev–Trinajstić information content (AvgIpc) is 3.85. The van der Waals surface area contributed by atoms with Crippen molar-refractivity contribution in [1.29, 1.82) is 0 Å². The molecule has 5 atom stereocenters. The minimum absolute atomic E-state index is 0.122. The number of methoxy groups -OCH3 is 1. The van der Waals surface area contributed by atoms with Gasteiger partial charge in [0.1, 0.15) is 24.4 Å². The summed E-state index contributed by atoms with van der Waals surface area (Å²) in [6, 6.07) is 30.1. The van der Waals surface area contributed by atoms with Crippen LogP contribution >= 0.6 is 23.2 Å². The Labute approximate surface area is 314 Å². The zero-order chi connectivity index (χ0) is 36.6. The third kappa shape index (κ3) is 6.57. The minimum atomic E-state index is -1.27. The molecule has 2 aliphatic rings. The highest BCUT2D eigenvalue weighted by Crippen LogP contribution is 2.43. The lowest BCUT2D eigenvalue weighted by Crippen LogP contribution is -2.58. The SMILES string of the molecule is CO[C@H]1[C@H](OCc2ccccc2)[C@@H](O)[C@H](n2cc(C3=C(c4c[nH]c5c(Cl)cccc45)C(=O)NC3=O)c3cccc(Cl)c32)O[C@@H]1COCc1ccccc1. The second kappa shape index (κ2) is 14.9. The maximum absolute atomic E-state index is 13.7. The summed E-state index contributed by atoms with van der Waals surface area (Å²) in [5, 5.41) is 16.7. The number of carbonyl (C=O) groups excluding carboxylic acids is 2. The highest BCUT2D eigenvalue weighted by Gasteiger charge is 2.48. The highest BCUT2D eigenvalue weighted by atomic mass is 35.5. The van der Waals surface area contributed by atoms with Gasteiger partial charge >= 0.3 is 0 Å². The van der Waals surface area contributed by atoms with Crippen LogP contribution in [0.1, 0.15) is 28.5 Å². The summed E-state index contributed by atoms with van der Waals surface area (Å²) in [5.74, 6) is -1.11. The zero-order valence-electron chi connectivity index (χ0n) is 28.5. The highest BCUT2D eigenvalue weighted by molar-refractivity contribution is 6.51. The lowest BCUT2D eigenvalue weighted by Gasteiger charge is -2.44. The van der Waals surface area contributed by atoms with Gasteiger partial charge in [0, 0.05) is 41.4 Å². The van der Waals surface area contributed by atoms with E-state index in [4.69, 9.17) is 42.1 Å². The molecule has 0 saturated carbocycles. The molecule has 0 bridgehead atoms. The van der Waals surface area contributed by atoms with Gasteiger partial charge in [-0.05, 0) is 23.3 Å². The van der Waals surface area contributed by atoms with E-state index in [1.54, 1.807) is 48.3 Å². The lowest BCUT2D eigenvalue weighted by atomic mass is 9.95. The fourth-order valence-electron chi connectivity index (χ4n) is 7.34. The van der Waals surface area contributed by atoms with E-state index in [9.17, 15) is 14.7 Å². The first-order valence-electron chi connectivity index (χ1n) is 17.1. The van der Waals surface area contributed by atoms with E-state index in [0.29, 0.717) is 49.6 Å². The first kappa shape index (κ1) is 35.3. The van der Waals surface area contributed by atoms with E-state index < -0.39 is 42.5 Å². The molecule has 2 aromatic heterocycles. The predicted molar refractivity (Wildman–Crippen MR) is 202 cm³/mol. The van der Waals surface area contributed by atoms with E-state index in [1.807, 2.05) is 72.8 Å². The molecule has 6 aromatic rings. The Morgan fingerprint density at radius 3 is 2.11 bits per heavy atom. The summed E-state index contributed by atoms with van der Waals surface area (Å²) in [5.41, 5.74) is 4.33. The number of hydrogen-bond acceptors (Lipinski definition) is 7. The van der Waals surface area contributed by atoms with Gasteiger partial charge in [0.15, 0.2) is 6.23 Å². The van der Waals surface area contributed by atoms with Crippen LogP contribution in [-0.2, 0) is 41.8 Å². The third-order valence-corrected chi connectivity index (χ3v) is 10.4. The number of rotatable bonds is 11. The maximum atomic E-state index is 13.7. The van der Waals surface area contributed by atoms with E-state index in [1.165, 1.54) is 0 Å². The van der Waals surface area contributed by atoms with Gasteiger partial charge in [-0.15, -0.1) is 0 Å². The molecule has 10 nitrogen and oxygen atoms in total. The van der Waals surface area contributed by atoms with E-state index in [2.05, 4.69) is 10.3 Å². The number of amides is 2. The number of aliphatic hydroxyl groups excluding tert-OH is 1. The molecule has 270 valence electrons. The van der Waals surface area contributed by atoms with Crippen LogP contribution in [0, 0.1) is 0 Å². The van der Waals surface area contributed by atoms with Gasteiger partial charge in [-0.2, -0.15) is 0 Å². The molecule has 4 aromatic carbocycles. The van der Waals surface area contributed by atoms with Crippen molar-refractivity contribution in [3.05, 3.63) is 142 Å². The molecule has 2 aliphatic heterocycles. The van der Waals surface area contributed by atoms with Crippen molar-refractivity contribution in [2.24, 2.45) is 0 Å². The van der Waals surface area contributed by atoms with Crippen LogP contribution in [-0.4, -0.2) is 64.6 Å². The van der Waals surface area contributed by atoms with Crippen molar-refractivity contribution in [3.8, 4) is 0 Å². The number of aliphatic hydroxyl groups is 1. The molecule has 0 spiro atoms. The molecule has 0 aliphatic carbocycles. The largest absolute Gasteiger partial charge is 0.386 e. The van der Waals surface area contributed by atoms with Crippen LogP contribution in [0.2, 0.25) is 10.0 Å². The number of aromatic nitrogens is 2. The molecule has 12 heteroatoms. The quantitative estimate of drug-likeness (QED) is 0.121. The van der Waals surface area contributed by atoms with Crippen LogP contribution in [0.25, 0.3) is 33.0 Å². The molecule has 8 rings (SSSR count). The summed E-state index contributed by atoms with van der Waals surface area (Å²) < 4.78 is 26.9. The van der Waals surface area contributed by atoms with E-state index in [0.717, 1.165) is 11.1 Å². The summed E-state index contributed by atoms with van der Waals surface area (Å²) in [6.45, 7) is 0.663. The molecule has 4 heterocycles. The number of para-hydroxylation sites is 2. The Morgan fingerprint density at radius 2 is 1.42 bits per heavy atom. The molecule has 1 saturated heterocycles. The number of ether oxygens (including phenoxy) is 4. The third-order valence-electron chi connectivity index (χ3n) is 9.80. The van der Waals surface area contributed by atoms with Crippen LogP contribution < -0.4 is 5.32 Å². The van der Waals surface area contributed by atoms with Crippen molar-refractivity contribution >= 4 is 68.0 Å². The minimum Gasteiger partial charge on any atom is -0.386 e. The molecule has 53 heavy (non-hydrogen) atoms. The average molecular weight is 753 g/mol. The summed E-state index contributed by atoms with van der Waals surface area (Å²) in [4.78, 5) is 30.4. The van der Waals surface area contributed by atoms with Crippen molar-refractivity contribution in [2.75, 3.05) is 13.7 Å². The van der Waals surface area contributed by atoms with Gasteiger partial charge < -0.3 is 33.6 Å². The monoisotopic (exact) mass is 751 g/mol. The topological polar surface area (TPSA) is 124 Å². The van der Waals surface area contributed by atoms with Crippen LogP contribution in [0.3, 0.4) is 0 Å². The number of aromatic amines is 1. The summed E-state index contributed by atoms with van der Waals surface area (Å²) >= 11 is 13.4. The fourth-order valence-corrected chi connectivity index (χ4v) is 7.85. The summed E-state index contributed by atoms with van der Waals surface area (Å²) in [6.07, 6.45) is -1.24. The second-order valence-electron chi connectivity index (χ2n) is 13.0. The van der Waals surface area contributed by atoms with E-state index in [-0.39, 0.29) is 24.4 Å². The van der Waals surface area contributed by atoms with Crippen LogP contribution in [0.15, 0.2) is 109 Å². The Kier molecular flexibility index (Phi) is 9.93. The Bertz CT molecular complexity index is 2340. The number of imide groups is 1. The van der Waals surface area contributed by atoms with Gasteiger partial charge in [-0.1, -0.05) is 108 Å². The van der Waals surface area contributed by atoms with Gasteiger partial charge in [-0.25, -0.2) is 0 Å².